The minimum Gasteiger partial charge on any atom is -0.384 e. The van der Waals surface area contributed by atoms with Crippen LogP contribution in [0.1, 0.15) is 35.2 Å². The van der Waals surface area contributed by atoms with Gasteiger partial charge >= 0.3 is 0 Å². The van der Waals surface area contributed by atoms with E-state index >= 15 is 0 Å². The summed E-state index contributed by atoms with van der Waals surface area (Å²) in [7, 11) is 0. The summed E-state index contributed by atoms with van der Waals surface area (Å²) < 4.78 is 0. The molecule has 2 fully saturated rings. The van der Waals surface area contributed by atoms with Crippen molar-refractivity contribution in [2.75, 3.05) is 31.5 Å². The zero-order valence-electron chi connectivity index (χ0n) is 13.6. The number of carbonyl (C=O) groups excluding carboxylic acids is 3. The van der Waals surface area contributed by atoms with E-state index in [0.29, 0.717) is 38.0 Å². The molecule has 6 heteroatoms. The van der Waals surface area contributed by atoms with Crippen molar-refractivity contribution in [3.8, 4) is 0 Å². The number of aryl methyl sites for hydroxylation is 1. The predicted octanol–water partition coefficient (Wildman–Crippen LogP) is 1.06. The summed E-state index contributed by atoms with van der Waals surface area (Å²) >= 11 is 0. The second kappa shape index (κ2) is 5.92. The number of hydrogen-bond donors (Lipinski definition) is 1. The summed E-state index contributed by atoms with van der Waals surface area (Å²) in [6.45, 7) is 2.12. The van der Waals surface area contributed by atoms with Crippen LogP contribution in [-0.2, 0) is 16.0 Å². The number of Topliss-reactive ketones (excluding diaryl/α,β-unsaturated/α-hetero) is 1. The number of fused-ring (bicyclic) bond motifs is 2. The number of nitrogens with zero attached hydrogens (tertiary/aromatic N) is 2. The maximum absolute atomic E-state index is 13.0. The minimum absolute atomic E-state index is 0.0328. The molecule has 3 aliphatic rings. The van der Waals surface area contributed by atoms with E-state index in [1.165, 1.54) is 5.56 Å². The molecule has 0 aliphatic carbocycles. The van der Waals surface area contributed by atoms with Gasteiger partial charge < -0.3 is 15.1 Å². The van der Waals surface area contributed by atoms with Crippen LogP contribution in [0.3, 0.4) is 0 Å². The largest absolute Gasteiger partial charge is 0.384 e. The fourth-order valence-electron chi connectivity index (χ4n) is 3.94. The van der Waals surface area contributed by atoms with Gasteiger partial charge in [0.25, 0.3) is 5.91 Å². The van der Waals surface area contributed by atoms with Crippen LogP contribution in [0, 0.1) is 0 Å². The molecule has 1 aromatic rings. The first-order valence-electron chi connectivity index (χ1n) is 8.62. The molecule has 0 bridgehead atoms. The molecule has 1 aromatic carbocycles. The van der Waals surface area contributed by atoms with Crippen molar-refractivity contribution in [1.82, 2.24) is 9.80 Å². The van der Waals surface area contributed by atoms with Crippen molar-refractivity contribution in [2.45, 2.75) is 31.7 Å². The van der Waals surface area contributed by atoms with E-state index in [9.17, 15) is 14.4 Å². The smallest absolute Gasteiger partial charge is 0.256 e. The fraction of sp³-hybridized carbons (Fsp3) is 0.500. The molecule has 0 saturated carbocycles. The summed E-state index contributed by atoms with van der Waals surface area (Å²) in [5.41, 5.74) is 2.78. The zero-order chi connectivity index (χ0) is 16.7. The number of anilines is 1. The quantitative estimate of drug-likeness (QED) is 0.837. The van der Waals surface area contributed by atoms with Gasteiger partial charge in [0.05, 0.1) is 11.3 Å². The summed E-state index contributed by atoms with van der Waals surface area (Å²) in [5.74, 6) is 0.0532. The van der Waals surface area contributed by atoms with E-state index in [2.05, 4.69) is 11.4 Å². The number of nitrogens with one attached hydrogen (secondary N) is 1. The normalized spacial score (nSPS) is 23.4. The molecular formula is C18H21N3O3. The molecule has 1 N–H and O–H groups in total. The Bertz CT molecular complexity index is 715. The van der Waals surface area contributed by atoms with Crippen molar-refractivity contribution < 1.29 is 14.4 Å². The lowest BCUT2D eigenvalue weighted by atomic mass is 9.95. The van der Waals surface area contributed by atoms with Crippen LogP contribution in [0.25, 0.3) is 0 Å². The molecule has 4 rings (SSSR count). The Morgan fingerprint density at radius 1 is 1.12 bits per heavy atom. The Morgan fingerprint density at radius 3 is 2.88 bits per heavy atom. The maximum atomic E-state index is 13.0. The highest BCUT2D eigenvalue weighted by Crippen LogP contribution is 2.28. The predicted molar refractivity (Wildman–Crippen MR) is 88.9 cm³/mol. The molecule has 3 heterocycles. The first-order chi connectivity index (χ1) is 11.6. The van der Waals surface area contributed by atoms with E-state index in [-0.39, 0.29) is 17.6 Å². The van der Waals surface area contributed by atoms with Crippen molar-refractivity contribution in [2.24, 2.45) is 0 Å². The van der Waals surface area contributed by atoms with E-state index < -0.39 is 6.04 Å². The number of rotatable bonds is 1. The van der Waals surface area contributed by atoms with Crippen molar-refractivity contribution in [3.63, 3.8) is 0 Å². The van der Waals surface area contributed by atoms with Gasteiger partial charge in [-0.25, -0.2) is 0 Å². The number of piperazine rings is 1. The van der Waals surface area contributed by atoms with Crippen molar-refractivity contribution in [3.05, 3.63) is 29.3 Å². The Labute approximate surface area is 140 Å². The molecule has 3 aliphatic heterocycles. The van der Waals surface area contributed by atoms with Gasteiger partial charge in [-0.2, -0.15) is 0 Å². The molecule has 6 nitrogen and oxygen atoms in total. The van der Waals surface area contributed by atoms with Gasteiger partial charge in [-0.05, 0) is 24.5 Å². The standard InChI is InChI=1S/C18H21N3O3/c22-15-6-7-16(23)21-10-9-20(11-14(15)21)18(24)13-5-1-3-12-4-2-8-19-17(12)13/h1,3,5,14,19H,2,4,6-11H2. The van der Waals surface area contributed by atoms with Crippen LogP contribution in [0.5, 0.6) is 0 Å². The maximum Gasteiger partial charge on any atom is 0.256 e. The zero-order valence-corrected chi connectivity index (χ0v) is 13.6. The summed E-state index contributed by atoms with van der Waals surface area (Å²) in [6, 6.07) is 5.36. The summed E-state index contributed by atoms with van der Waals surface area (Å²) in [6.07, 6.45) is 2.65. The van der Waals surface area contributed by atoms with Crippen molar-refractivity contribution in [1.29, 1.82) is 0 Å². The Kier molecular flexibility index (Phi) is 3.75. The first kappa shape index (κ1) is 15.2. The van der Waals surface area contributed by atoms with E-state index in [1.807, 2.05) is 12.1 Å². The van der Waals surface area contributed by atoms with Crippen LogP contribution in [0.2, 0.25) is 0 Å². The number of amides is 2. The van der Waals surface area contributed by atoms with Crippen LogP contribution >= 0.6 is 0 Å². The number of hydrogen-bond acceptors (Lipinski definition) is 4. The number of carbonyl (C=O) groups is 3. The molecule has 0 aromatic heterocycles. The van der Waals surface area contributed by atoms with Crippen molar-refractivity contribution >= 4 is 23.3 Å². The van der Waals surface area contributed by atoms with Crippen LogP contribution in [0.15, 0.2) is 18.2 Å². The van der Waals surface area contributed by atoms with E-state index in [1.54, 1.807) is 9.80 Å². The lowest BCUT2D eigenvalue weighted by molar-refractivity contribution is -0.147. The van der Waals surface area contributed by atoms with Crippen LogP contribution < -0.4 is 5.32 Å². The molecule has 24 heavy (non-hydrogen) atoms. The SMILES string of the molecule is O=C1CCC(=O)N2CCN(C(=O)c3cccc4c3NCCC4)CC12. The highest BCUT2D eigenvalue weighted by molar-refractivity contribution is 6.02. The van der Waals surface area contributed by atoms with Gasteiger partial charge in [0, 0.05) is 39.0 Å². The molecule has 1 atom stereocenters. The highest BCUT2D eigenvalue weighted by atomic mass is 16.2. The topological polar surface area (TPSA) is 69.7 Å². The van der Waals surface area contributed by atoms with Crippen LogP contribution in [0.4, 0.5) is 5.69 Å². The lowest BCUT2D eigenvalue weighted by Gasteiger charge is -2.43. The monoisotopic (exact) mass is 327 g/mol. The summed E-state index contributed by atoms with van der Waals surface area (Å²) in [4.78, 5) is 40.5. The van der Waals surface area contributed by atoms with E-state index in [0.717, 1.165) is 25.1 Å². The molecular weight excluding hydrogens is 306 g/mol. The third kappa shape index (κ3) is 2.46. The average molecular weight is 327 g/mol. The van der Waals surface area contributed by atoms with Gasteiger partial charge in [0.15, 0.2) is 5.78 Å². The number of para-hydroxylation sites is 1. The average Bonchev–Trinajstić information content (AvgIpc) is 2.63. The minimum atomic E-state index is -0.462. The first-order valence-corrected chi connectivity index (χ1v) is 8.62. The van der Waals surface area contributed by atoms with Crippen LogP contribution in [-0.4, -0.2) is 59.6 Å². The number of ketones is 1. The Morgan fingerprint density at radius 2 is 2.00 bits per heavy atom. The second-order valence-electron chi connectivity index (χ2n) is 6.69. The molecule has 1 unspecified atom stereocenters. The molecule has 0 radical (unpaired) electrons. The molecule has 2 amide bonds. The van der Waals surface area contributed by atoms with Gasteiger partial charge in [0.2, 0.25) is 5.91 Å². The second-order valence-corrected chi connectivity index (χ2v) is 6.69. The third-order valence-corrected chi connectivity index (χ3v) is 5.25. The number of piperidine rings is 1. The molecule has 126 valence electrons. The summed E-state index contributed by atoms with van der Waals surface area (Å²) in [5, 5.41) is 3.34. The van der Waals surface area contributed by atoms with Gasteiger partial charge in [0.1, 0.15) is 6.04 Å². The number of benzene rings is 1. The third-order valence-electron chi connectivity index (χ3n) is 5.25. The molecule has 2 saturated heterocycles. The lowest BCUT2D eigenvalue weighted by Crippen LogP contribution is -2.61. The fourth-order valence-corrected chi connectivity index (χ4v) is 3.94. The Hall–Kier alpha value is -2.37. The molecule has 0 spiro atoms. The van der Waals surface area contributed by atoms with E-state index in [4.69, 9.17) is 0 Å². The van der Waals surface area contributed by atoms with Gasteiger partial charge in [-0.15, -0.1) is 0 Å². The highest BCUT2D eigenvalue weighted by Gasteiger charge is 2.40. The Balaban J connectivity index is 1.58. The van der Waals surface area contributed by atoms with Gasteiger partial charge in [-0.3, -0.25) is 14.4 Å². The van der Waals surface area contributed by atoms with Gasteiger partial charge in [-0.1, -0.05) is 12.1 Å².